The van der Waals surface area contributed by atoms with Gasteiger partial charge >= 0.3 is 0 Å². The Morgan fingerprint density at radius 1 is 1.21 bits per heavy atom. The number of rotatable bonds is 10. The summed E-state index contributed by atoms with van der Waals surface area (Å²) in [5, 5.41) is 3.12. The number of hydrogen-bond acceptors (Lipinski definition) is 6. The van der Waals surface area contributed by atoms with Gasteiger partial charge in [-0.05, 0) is 37.0 Å². The minimum Gasteiger partial charge on any atom is -0.398 e. The molecule has 1 aliphatic carbocycles. The van der Waals surface area contributed by atoms with Gasteiger partial charge in [-0.3, -0.25) is 14.6 Å². The van der Waals surface area contributed by atoms with Crippen LogP contribution in [0.5, 0.6) is 0 Å². The number of carbonyl (C=O) groups is 1. The Hall–Kier alpha value is -3.72. The number of alkyl halides is 2. The molecule has 2 aromatic heterocycles. The molecule has 3 aromatic rings. The van der Waals surface area contributed by atoms with E-state index in [1.54, 1.807) is 42.1 Å². The minimum atomic E-state index is -2.55. The van der Waals surface area contributed by atoms with E-state index in [0.29, 0.717) is 29.1 Å². The van der Waals surface area contributed by atoms with Crippen molar-refractivity contribution in [2.45, 2.75) is 71.0 Å². The molecule has 1 saturated carbocycles. The number of nitrogens with one attached hydrogen (secondary N) is 1. The van der Waals surface area contributed by atoms with Crippen LogP contribution in [-0.2, 0) is 6.54 Å². The Bertz CT molecular complexity index is 1390. The average molecular weight is 524 g/mol. The number of nitrogens with two attached hydrogens (primary N) is 1. The number of halogens is 2. The lowest BCUT2D eigenvalue weighted by atomic mass is 9.88. The van der Waals surface area contributed by atoms with E-state index in [-0.39, 0.29) is 49.1 Å². The van der Waals surface area contributed by atoms with Gasteiger partial charge < -0.3 is 15.6 Å². The molecule has 0 amide bonds. The number of hydrogen-bond donors (Lipinski definition) is 2. The van der Waals surface area contributed by atoms with Gasteiger partial charge in [0.15, 0.2) is 0 Å². The van der Waals surface area contributed by atoms with Crippen molar-refractivity contribution in [3.05, 3.63) is 87.7 Å². The number of aromatic nitrogens is 3. The summed E-state index contributed by atoms with van der Waals surface area (Å²) >= 11 is 0. The Morgan fingerprint density at radius 3 is 2.53 bits per heavy atom. The maximum absolute atomic E-state index is 13.1. The van der Waals surface area contributed by atoms with Crippen molar-refractivity contribution in [2.24, 2.45) is 5.73 Å². The van der Waals surface area contributed by atoms with Gasteiger partial charge in [-0.25, -0.2) is 13.8 Å². The molecule has 7 nitrogen and oxygen atoms in total. The molecule has 1 aliphatic rings. The maximum Gasteiger partial charge on any atom is 0.251 e. The molecule has 0 atom stereocenters. The van der Waals surface area contributed by atoms with Gasteiger partial charge in [0.25, 0.3) is 11.5 Å². The van der Waals surface area contributed by atoms with E-state index in [1.807, 2.05) is 26.0 Å². The first-order valence-corrected chi connectivity index (χ1v) is 12.9. The summed E-state index contributed by atoms with van der Waals surface area (Å²) in [6.07, 6.45) is 6.07. The van der Waals surface area contributed by atoms with Crippen molar-refractivity contribution in [3.8, 4) is 11.3 Å². The fourth-order valence-corrected chi connectivity index (χ4v) is 4.62. The van der Waals surface area contributed by atoms with Crippen LogP contribution in [0.3, 0.4) is 0 Å². The van der Waals surface area contributed by atoms with Gasteiger partial charge in [0.1, 0.15) is 5.69 Å². The summed E-state index contributed by atoms with van der Waals surface area (Å²) in [5.74, 6) is -2.93. The molecule has 0 spiro atoms. The highest BCUT2D eigenvalue weighted by Gasteiger charge is 2.44. The number of aryl methyl sites for hydroxylation is 1. The van der Waals surface area contributed by atoms with Gasteiger partial charge in [0.05, 0.1) is 17.6 Å². The highest BCUT2D eigenvalue weighted by atomic mass is 19.3. The number of carbonyl (C=O) groups excluding carboxylic acids is 1. The van der Waals surface area contributed by atoms with Crippen LogP contribution in [0.25, 0.3) is 17.0 Å². The lowest BCUT2D eigenvalue weighted by Crippen LogP contribution is -2.48. The Kier molecular flexibility index (Phi) is 8.16. The van der Waals surface area contributed by atoms with Crippen LogP contribution < -0.4 is 16.6 Å². The van der Waals surface area contributed by atoms with Gasteiger partial charge in [0.2, 0.25) is 5.78 Å². The lowest BCUT2D eigenvalue weighted by Gasteiger charge is -2.35. The fourth-order valence-electron chi connectivity index (χ4n) is 4.62. The van der Waals surface area contributed by atoms with E-state index in [9.17, 15) is 18.4 Å². The molecule has 2 heterocycles. The Morgan fingerprint density at radius 2 is 1.89 bits per heavy atom. The first-order valence-electron chi connectivity index (χ1n) is 12.9. The topological polar surface area (TPSA) is 103 Å². The molecule has 0 saturated heterocycles. The van der Waals surface area contributed by atoms with E-state index >= 15 is 0 Å². The van der Waals surface area contributed by atoms with E-state index in [4.69, 9.17) is 5.73 Å². The highest BCUT2D eigenvalue weighted by molar-refractivity contribution is 6.07. The second-order valence-electron chi connectivity index (χ2n) is 9.83. The predicted octanol–water partition coefficient (Wildman–Crippen LogP) is 5.29. The van der Waals surface area contributed by atoms with E-state index in [0.717, 1.165) is 18.4 Å². The third-order valence-electron chi connectivity index (χ3n) is 7.02. The van der Waals surface area contributed by atoms with Crippen molar-refractivity contribution < 1.29 is 15.0 Å². The molecular formula is C29H35F2N5O2. The average Bonchev–Trinajstić information content (AvgIpc) is 2.88. The zero-order chi connectivity index (χ0) is 27.4. The Balaban J connectivity index is 0.00000420. The van der Waals surface area contributed by atoms with Crippen LogP contribution >= 0.6 is 0 Å². The van der Waals surface area contributed by atoms with Crippen LogP contribution in [0.2, 0.25) is 0 Å². The molecular weight excluding hydrogens is 488 g/mol. The summed E-state index contributed by atoms with van der Waals surface area (Å²) in [6.45, 7) is 6.26. The van der Waals surface area contributed by atoms with Crippen LogP contribution in [0.4, 0.5) is 8.78 Å². The number of benzene rings is 1. The SMILES string of the molecule is CCC(CC)n1cc(-c2cnc(C)c(C(=O)C=C(N)c3ccc(CNC4CC(F)(F)C4)cc3)n2)ccc1=O.[HH]. The second kappa shape index (κ2) is 11.3. The molecule has 3 N–H and O–H groups in total. The van der Waals surface area contributed by atoms with Crippen LogP contribution in [0.15, 0.2) is 59.7 Å². The third kappa shape index (κ3) is 6.22. The summed E-state index contributed by atoms with van der Waals surface area (Å²) in [6, 6.07) is 10.4. The third-order valence-corrected chi connectivity index (χ3v) is 7.02. The number of pyridine rings is 1. The molecule has 0 bridgehead atoms. The molecule has 1 fully saturated rings. The second-order valence-corrected chi connectivity index (χ2v) is 9.83. The number of allylic oxidation sites excluding steroid dienone is 1. The zero-order valence-corrected chi connectivity index (χ0v) is 21.9. The molecule has 9 heteroatoms. The van der Waals surface area contributed by atoms with Crippen molar-refractivity contribution in [2.75, 3.05) is 0 Å². The largest absolute Gasteiger partial charge is 0.398 e. The van der Waals surface area contributed by atoms with Crippen LogP contribution in [0, 0.1) is 6.92 Å². The standard InChI is InChI=1S/C29H33F2N5O2.H2/c1-4-23(5-2)36-17-21(10-11-27(36)38)25-16-33-18(3)28(35-25)26(37)12-24(32)20-8-6-19(7-9-20)15-34-22-13-29(30,31)14-22;/h6-12,16-17,22-23,34H,4-5,13-15,32H2,1-3H3;1H. The predicted molar refractivity (Wildman–Crippen MR) is 146 cm³/mol. The molecule has 0 unspecified atom stereocenters. The number of ketones is 1. The zero-order valence-electron chi connectivity index (χ0n) is 21.9. The monoisotopic (exact) mass is 523 g/mol. The molecule has 4 rings (SSSR count). The highest BCUT2D eigenvalue weighted by Crippen LogP contribution is 2.37. The van der Waals surface area contributed by atoms with Gasteiger partial charge in [0, 0.05) is 62.5 Å². The van der Waals surface area contributed by atoms with E-state index in [2.05, 4.69) is 15.3 Å². The van der Waals surface area contributed by atoms with Crippen molar-refractivity contribution in [3.63, 3.8) is 0 Å². The smallest absolute Gasteiger partial charge is 0.251 e. The van der Waals surface area contributed by atoms with Gasteiger partial charge in [-0.15, -0.1) is 0 Å². The summed E-state index contributed by atoms with van der Waals surface area (Å²) in [7, 11) is 0. The normalized spacial score (nSPS) is 15.5. The van der Waals surface area contributed by atoms with E-state index < -0.39 is 5.92 Å². The molecule has 0 radical (unpaired) electrons. The van der Waals surface area contributed by atoms with Crippen molar-refractivity contribution in [1.29, 1.82) is 0 Å². The minimum absolute atomic E-state index is 0. The molecule has 0 aliphatic heterocycles. The summed E-state index contributed by atoms with van der Waals surface area (Å²) in [5.41, 5.74) is 9.87. The molecule has 202 valence electrons. The van der Waals surface area contributed by atoms with Crippen LogP contribution in [0.1, 0.15) is 74.3 Å². The molecule has 38 heavy (non-hydrogen) atoms. The van der Waals surface area contributed by atoms with Crippen molar-refractivity contribution >= 4 is 11.5 Å². The fraction of sp³-hybridized carbons (Fsp3) is 0.379. The van der Waals surface area contributed by atoms with Gasteiger partial charge in [-0.1, -0.05) is 38.1 Å². The lowest BCUT2D eigenvalue weighted by molar-refractivity contribution is -0.0930. The van der Waals surface area contributed by atoms with E-state index in [1.165, 1.54) is 12.1 Å². The summed E-state index contributed by atoms with van der Waals surface area (Å²) in [4.78, 5) is 34.4. The first kappa shape index (κ1) is 27.3. The van der Waals surface area contributed by atoms with Gasteiger partial charge in [-0.2, -0.15) is 0 Å². The molecule has 1 aromatic carbocycles. The number of nitrogens with zero attached hydrogens (tertiary/aromatic N) is 3. The maximum atomic E-state index is 13.1. The summed E-state index contributed by atoms with van der Waals surface area (Å²) < 4.78 is 27.7. The Labute approximate surface area is 222 Å². The van der Waals surface area contributed by atoms with Crippen molar-refractivity contribution in [1.82, 2.24) is 19.9 Å². The quantitative estimate of drug-likeness (QED) is 0.277. The first-order chi connectivity index (χ1) is 18.1. The van der Waals surface area contributed by atoms with Crippen LogP contribution in [-0.4, -0.2) is 32.3 Å².